The minimum atomic E-state index is -4.74. The summed E-state index contributed by atoms with van der Waals surface area (Å²) in [6.07, 6.45) is -2.60. The number of sulfone groups is 2. The van der Waals surface area contributed by atoms with Crippen molar-refractivity contribution >= 4 is 32.5 Å². The fourth-order valence-corrected chi connectivity index (χ4v) is 5.42. The molecule has 0 atom stereocenters. The van der Waals surface area contributed by atoms with Crippen LogP contribution in [0.2, 0.25) is 0 Å². The van der Waals surface area contributed by atoms with Crippen LogP contribution in [0.15, 0.2) is 57.0 Å². The molecule has 0 aliphatic rings. The molecule has 0 aliphatic carbocycles. The Labute approximate surface area is 213 Å². The van der Waals surface area contributed by atoms with E-state index in [0.717, 1.165) is 6.08 Å². The van der Waals surface area contributed by atoms with E-state index < -0.39 is 31.5 Å². The number of allylic oxidation sites excluding steroid dienone is 1. The van der Waals surface area contributed by atoms with Gasteiger partial charge >= 0.3 is 6.18 Å². The van der Waals surface area contributed by atoms with Crippen molar-refractivity contribution in [3.8, 4) is 22.6 Å². The van der Waals surface area contributed by atoms with Gasteiger partial charge in [-0.15, -0.1) is 0 Å². The van der Waals surface area contributed by atoms with Crippen LogP contribution in [0.3, 0.4) is 0 Å². The van der Waals surface area contributed by atoms with Crippen LogP contribution in [-0.4, -0.2) is 55.8 Å². The SMILES string of the molecule is C=N/C(=C\c1nc(-c2ncc(-c3ccc(S(=O)(=O)CC)cc3)cc2S(=O)(=O)CC)n(C)c1C)C(F)(F)F. The summed E-state index contributed by atoms with van der Waals surface area (Å²) in [5.74, 6) is -0.264. The summed E-state index contributed by atoms with van der Waals surface area (Å²) in [4.78, 5) is 11.6. The molecule has 0 unspecified atom stereocenters. The van der Waals surface area contributed by atoms with E-state index in [1.54, 1.807) is 12.1 Å². The Morgan fingerprint density at radius 1 is 1.05 bits per heavy atom. The second-order valence-electron chi connectivity index (χ2n) is 8.05. The Balaban J connectivity index is 2.20. The molecule has 0 amide bonds. The smallest absolute Gasteiger partial charge is 0.329 e. The van der Waals surface area contributed by atoms with Crippen molar-refractivity contribution in [2.45, 2.75) is 36.7 Å². The molecule has 0 fully saturated rings. The number of aliphatic imine (C=N–C) groups is 1. The summed E-state index contributed by atoms with van der Waals surface area (Å²) >= 11 is 0. The molecule has 0 N–H and O–H groups in total. The van der Waals surface area contributed by atoms with Crippen LogP contribution in [0.5, 0.6) is 0 Å². The molecule has 0 saturated carbocycles. The van der Waals surface area contributed by atoms with E-state index in [1.807, 2.05) is 0 Å². The zero-order valence-electron chi connectivity index (χ0n) is 20.5. The van der Waals surface area contributed by atoms with E-state index in [-0.39, 0.29) is 38.5 Å². The first-order valence-electron chi connectivity index (χ1n) is 11.0. The summed E-state index contributed by atoms with van der Waals surface area (Å²) in [6.45, 7) is 7.49. The van der Waals surface area contributed by atoms with Gasteiger partial charge in [0.1, 0.15) is 11.4 Å². The Hall–Kier alpha value is -3.32. The highest BCUT2D eigenvalue weighted by Crippen LogP contribution is 2.33. The van der Waals surface area contributed by atoms with Gasteiger partial charge in [-0.05, 0) is 43.5 Å². The van der Waals surface area contributed by atoms with Crippen molar-refractivity contribution in [3.05, 3.63) is 53.6 Å². The third-order valence-electron chi connectivity index (χ3n) is 5.86. The largest absolute Gasteiger partial charge is 0.433 e. The average Bonchev–Trinajstić information content (AvgIpc) is 3.14. The van der Waals surface area contributed by atoms with Gasteiger partial charge in [0.2, 0.25) is 0 Å². The van der Waals surface area contributed by atoms with Gasteiger partial charge in [0, 0.05) is 24.5 Å². The van der Waals surface area contributed by atoms with Crippen molar-refractivity contribution in [1.82, 2.24) is 14.5 Å². The van der Waals surface area contributed by atoms with Gasteiger partial charge in [0.25, 0.3) is 0 Å². The summed E-state index contributed by atoms with van der Waals surface area (Å²) in [5, 5.41) is 0. The molecule has 0 bridgehead atoms. The molecule has 198 valence electrons. The first kappa shape index (κ1) is 28.3. The van der Waals surface area contributed by atoms with E-state index in [4.69, 9.17) is 0 Å². The summed E-state index contributed by atoms with van der Waals surface area (Å²) < 4.78 is 91.3. The number of nitrogens with zero attached hydrogens (tertiary/aromatic N) is 4. The molecule has 3 rings (SSSR count). The number of rotatable bonds is 8. The van der Waals surface area contributed by atoms with Gasteiger partial charge in [-0.1, -0.05) is 26.0 Å². The lowest BCUT2D eigenvalue weighted by molar-refractivity contribution is -0.0912. The molecule has 8 nitrogen and oxygen atoms in total. The number of hydrogen-bond acceptors (Lipinski definition) is 7. The molecular weight excluding hydrogens is 529 g/mol. The third-order valence-corrected chi connectivity index (χ3v) is 9.35. The molecular formula is C24H25F3N4O4S2. The standard InChI is InChI=1S/C24H25F3N4O4S2/c1-6-36(32,33)18-10-8-16(9-11-18)17-12-20(37(34,35)7-2)22(29-14-17)23-30-19(15(3)31(23)5)13-21(28-4)24(25,26)27/h8-14H,4,6-7H2,1-3,5H3/b21-13-. The molecule has 0 radical (unpaired) electrons. The maximum atomic E-state index is 13.2. The summed E-state index contributed by atoms with van der Waals surface area (Å²) in [7, 11) is -5.72. The molecule has 37 heavy (non-hydrogen) atoms. The highest BCUT2D eigenvalue weighted by molar-refractivity contribution is 7.91. The van der Waals surface area contributed by atoms with Crippen LogP contribution >= 0.6 is 0 Å². The first-order chi connectivity index (χ1) is 17.2. The van der Waals surface area contributed by atoms with Crippen LogP contribution in [0, 0.1) is 6.92 Å². The lowest BCUT2D eigenvalue weighted by Gasteiger charge is -2.12. The number of hydrogen-bond donors (Lipinski definition) is 0. The molecule has 0 spiro atoms. The number of benzene rings is 1. The number of imidazole rings is 1. The normalized spacial score (nSPS) is 13.1. The fourth-order valence-electron chi connectivity index (χ4n) is 3.48. The van der Waals surface area contributed by atoms with Gasteiger partial charge in [-0.2, -0.15) is 13.2 Å². The minimum Gasteiger partial charge on any atom is -0.329 e. The molecule has 0 saturated heterocycles. The Kier molecular flexibility index (Phi) is 7.80. The van der Waals surface area contributed by atoms with Crippen molar-refractivity contribution < 1.29 is 30.0 Å². The monoisotopic (exact) mass is 554 g/mol. The van der Waals surface area contributed by atoms with Crippen LogP contribution in [0.4, 0.5) is 13.2 Å². The number of alkyl halides is 3. The highest BCUT2D eigenvalue weighted by atomic mass is 32.2. The lowest BCUT2D eigenvalue weighted by atomic mass is 10.1. The van der Waals surface area contributed by atoms with Gasteiger partial charge in [-0.25, -0.2) is 21.8 Å². The topological polar surface area (TPSA) is 111 Å². The average molecular weight is 555 g/mol. The predicted octanol–water partition coefficient (Wildman–Crippen LogP) is 4.65. The maximum Gasteiger partial charge on any atom is 0.433 e. The lowest BCUT2D eigenvalue weighted by Crippen LogP contribution is -2.09. The van der Waals surface area contributed by atoms with E-state index in [1.165, 1.54) is 56.8 Å². The Morgan fingerprint density at radius 3 is 2.16 bits per heavy atom. The molecule has 0 aliphatic heterocycles. The van der Waals surface area contributed by atoms with E-state index in [9.17, 15) is 30.0 Å². The Bertz CT molecular complexity index is 1590. The molecule has 2 aromatic heterocycles. The third kappa shape index (κ3) is 5.67. The van der Waals surface area contributed by atoms with E-state index in [2.05, 4.69) is 21.7 Å². The van der Waals surface area contributed by atoms with Crippen molar-refractivity contribution in [2.75, 3.05) is 11.5 Å². The maximum absolute atomic E-state index is 13.2. The molecule has 3 aromatic rings. The number of halogens is 3. The van der Waals surface area contributed by atoms with Gasteiger partial charge < -0.3 is 4.57 Å². The van der Waals surface area contributed by atoms with Crippen LogP contribution < -0.4 is 0 Å². The highest BCUT2D eigenvalue weighted by Gasteiger charge is 2.34. The molecule has 2 heterocycles. The summed E-state index contributed by atoms with van der Waals surface area (Å²) in [5.41, 5.74) is -0.0418. The van der Waals surface area contributed by atoms with Gasteiger partial charge in [0.05, 0.1) is 27.0 Å². The number of pyridine rings is 1. The van der Waals surface area contributed by atoms with Crippen molar-refractivity contribution in [1.29, 1.82) is 0 Å². The fraction of sp³-hybridized carbons (Fsp3) is 0.292. The zero-order chi connectivity index (χ0) is 27.8. The zero-order valence-corrected chi connectivity index (χ0v) is 22.2. The minimum absolute atomic E-state index is 0.0267. The first-order valence-corrected chi connectivity index (χ1v) is 14.3. The second-order valence-corrected chi connectivity index (χ2v) is 12.6. The molecule has 13 heteroatoms. The van der Waals surface area contributed by atoms with Crippen molar-refractivity contribution in [3.63, 3.8) is 0 Å². The second kappa shape index (κ2) is 10.2. The molecule has 1 aromatic carbocycles. The van der Waals surface area contributed by atoms with E-state index in [0.29, 0.717) is 16.8 Å². The number of aromatic nitrogens is 3. The van der Waals surface area contributed by atoms with Crippen LogP contribution in [-0.2, 0) is 26.7 Å². The van der Waals surface area contributed by atoms with Gasteiger partial charge in [0.15, 0.2) is 25.5 Å². The van der Waals surface area contributed by atoms with E-state index >= 15 is 0 Å². The predicted molar refractivity (Wildman–Crippen MR) is 136 cm³/mol. The van der Waals surface area contributed by atoms with Crippen LogP contribution in [0.1, 0.15) is 25.2 Å². The Morgan fingerprint density at radius 2 is 1.65 bits per heavy atom. The van der Waals surface area contributed by atoms with Crippen molar-refractivity contribution in [2.24, 2.45) is 12.0 Å². The summed E-state index contributed by atoms with van der Waals surface area (Å²) in [6, 6.07) is 7.37. The van der Waals surface area contributed by atoms with Crippen LogP contribution in [0.25, 0.3) is 28.7 Å². The van der Waals surface area contributed by atoms with Gasteiger partial charge in [-0.3, -0.25) is 9.98 Å². The quantitative estimate of drug-likeness (QED) is 0.375.